The number of rotatable bonds is 3. The van der Waals surface area contributed by atoms with Crippen molar-refractivity contribution in [3.63, 3.8) is 0 Å². The van der Waals surface area contributed by atoms with Crippen LogP contribution in [0.15, 0.2) is 21.1 Å². The molecule has 1 aliphatic heterocycles. The molecule has 0 fully saturated rings. The minimum atomic E-state index is 0.637. The normalized spacial score (nSPS) is 14.2. The first kappa shape index (κ1) is 14.1. The molecule has 0 spiro atoms. The van der Waals surface area contributed by atoms with Crippen LogP contribution in [0.2, 0.25) is 0 Å². The maximum Gasteiger partial charge on any atom is 0.147 e. The third-order valence-electron chi connectivity index (χ3n) is 3.37. The van der Waals surface area contributed by atoms with Crippen LogP contribution in [-0.4, -0.2) is 23.3 Å². The molecular weight excluding hydrogens is 386 g/mol. The molecule has 6 heteroatoms. The second-order valence-corrected chi connectivity index (χ2v) is 6.37. The van der Waals surface area contributed by atoms with Crippen molar-refractivity contribution in [1.82, 2.24) is 15.5 Å². The topological polar surface area (TPSA) is 49.9 Å². The maximum absolute atomic E-state index is 5.62. The van der Waals surface area contributed by atoms with E-state index in [1.165, 1.54) is 11.3 Å². The van der Waals surface area contributed by atoms with E-state index < -0.39 is 0 Å². The minimum absolute atomic E-state index is 0.637. The molecule has 106 valence electrons. The highest BCUT2D eigenvalue weighted by Crippen LogP contribution is 2.38. The number of aromatic nitrogens is 2. The highest BCUT2D eigenvalue weighted by Gasteiger charge is 2.19. The molecular formula is C14H15Br2N3O. The van der Waals surface area contributed by atoms with Gasteiger partial charge in [0.05, 0.1) is 21.2 Å². The number of H-pyrrole nitrogens is 1. The van der Waals surface area contributed by atoms with Gasteiger partial charge < -0.3 is 10.1 Å². The number of nitrogens with one attached hydrogen (secondary N) is 2. The van der Waals surface area contributed by atoms with Gasteiger partial charge >= 0.3 is 0 Å². The standard InChI is InChI=1S/C14H15Br2N3O/c1-2-20-14-10(15)5-8(6-11(14)16)13-9-7-17-4-3-12(9)18-19-13/h5-6,17H,2-4,7H2,1H3,(H,18,19). The van der Waals surface area contributed by atoms with Crippen molar-refractivity contribution in [3.8, 4) is 17.0 Å². The van der Waals surface area contributed by atoms with E-state index in [4.69, 9.17) is 4.74 Å². The number of hydrogen-bond acceptors (Lipinski definition) is 3. The van der Waals surface area contributed by atoms with E-state index in [0.29, 0.717) is 6.61 Å². The number of hydrogen-bond donors (Lipinski definition) is 2. The van der Waals surface area contributed by atoms with Gasteiger partial charge in [0.2, 0.25) is 0 Å². The van der Waals surface area contributed by atoms with Crippen molar-refractivity contribution in [2.75, 3.05) is 13.2 Å². The third kappa shape index (κ3) is 2.52. The van der Waals surface area contributed by atoms with Gasteiger partial charge in [0.25, 0.3) is 0 Å². The SMILES string of the molecule is CCOc1c(Br)cc(-c2n[nH]c3c2CNCC3)cc1Br. The van der Waals surface area contributed by atoms with E-state index in [1.807, 2.05) is 6.92 Å². The molecule has 4 nitrogen and oxygen atoms in total. The van der Waals surface area contributed by atoms with Crippen molar-refractivity contribution in [2.45, 2.75) is 19.9 Å². The predicted molar refractivity (Wildman–Crippen MR) is 86.0 cm³/mol. The molecule has 2 aromatic rings. The monoisotopic (exact) mass is 399 g/mol. The largest absolute Gasteiger partial charge is 0.492 e. The van der Waals surface area contributed by atoms with Gasteiger partial charge in [-0.05, 0) is 50.9 Å². The van der Waals surface area contributed by atoms with Crippen molar-refractivity contribution < 1.29 is 4.74 Å². The Balaban J connectivity index is 2.05. The van der Waals surface area contributed by atoms with E-state index in [0.717, 1.165) is 45.5 Å². The quantitative estimate of drug-likeness (QED) is 0.826. The summed E-state index contributed by atoms with van der Waals surface area (Å²) in [6.07, 6.45) is 1.00. The summed E-state index contributed by atoms with van der Waals surface area (Å²) in [4.78, 5) is 0. The average molecular weight is 401 g/mol. The van der Waals surface area contributed by atoms with Crippen molar-refractivity contribution in [1.29, 1.82) is 0 Å². The van der Waals surface area contributed by atoms with E-state index in [1.54, 1.807) is 0 Å². The fourth-order valence-electron chi connectivity index (χ4n) is 2.44. The second kappa shape index (κ2) is 5.87. The zero-order chi connectivity index (χ0) is 14.1. The zero-order valence-electron chi connectivity index (χ0n) is 11.1. The van der Waals surface area contributed by atoms with Crippen LogP contribution in [-0.2, 0) is 13.0 Å². The van der Waals surface area contributed by atoms with Crippen molar-refractivity contribution in [2.24, 2.45) is 0 Å². The number of fused-ring (bicyclic) bond motifs is 1. The minimum Gasteiger partial charge on any atom is -0.492 e. The summed E-state index contributed by atoms with van der Waals surface area (Å²) < 4.78 is 7.49. The summed E-state index contributed by atoms with van der Waals surface area (Å²) in [5.74, 6) is 0.832. The Kier molecular flexibility index (Phi) is 4.14. The van der Waals surface area contributed by atoms with Crippen LogP contribution in [0.1, 0.15) is 18.2 Å². The van der Waals surface area contributed by atoms with E-state index >= 15 is 0 Å². The number of ether oxygens (including phenoxy) is 1. The molecule has 0 atom stereocenters. The average Bonchev–Trinajstić information content (AvgIpc) is 2.86. The fraction of sp³-hybridized carbons (Fsp3) is 0.357. The lowest BCUT2D eigenvalue weighted by atomic mass is 10.0. The smallest absolute Gasteiger partial charge is 0.147 e. The van der Waals surface area contributed by atoms with Gasteiger partial charge in [-0.1, -0.05) is 0 Å². The third-order valence-corrected chi connectivity index (χ3v) is 4.54. The van der Waals surface area contributed by atoms with Gasteiger partial charge in [-0.2, -0.15) is 5.10 Å². The summed E-state index contributed by atoms with van der Waals surface area (Å²) in [5.41, 5.74) is 4.59. The second-order valence-electron chi connectivity index (χ2n) is 4.66. The van der Waals surface area contributed by atoms with Crippen LogP contribution in [0.3, 0.4) is 0 Å². The van der Waals surface area contributed by atoms with Crippen LogP contribution in [0.4, 0.5) is 0 Å². The Morgan fingerprint density at radius 3 is 2.75 bits per heavy atom. The number of aromatic amines is 1. The molecule has 1 aromatic heterocycles. The Labute approximate surface area is 134 Å². The fourth-order valence-corrected chi connectivity index (χ4v) is 3.86. The first-order valence-corrected chi connectivity index (χ1v) is 8.18. The molecule has 2 N–H and O–H groups in total. The van der Waals surface area contributed by atoms with Crippen LogP contribution >= 0.6 is 31.9 Å². The molecule has 0 aliphatic carbocycles. The molecule has 1 aliphatic rings. The molecule has 0 amide bonds. The lowest BCUT2D eigenvalue weighted by Crippen LogP contribution is -2.23. The number of nitrogens with zero attached hydrogens (tertiary/aromatic N) is 1. The molecule has 20 heavy (non-hydrogen) atoms. The molecule has 0 radical (unpaired) electrons. The summed E-state index contributed by atoms with van der Waals surface area (Å²) in [6.45, 7) is 4.48. The Bertz CT molecular complexity index is 616. The van der Waals surface area contributed by atoms with E-state index in [-0.39, 0.29) is 0 Å². The van der Waals surface area contributed by atoms with Crippen molar-refractivity contribution >= 4 is 31.9 Å². The Morgan fingerprint density at radius 2 is 2.05 bits per heavy atom. The molecule has 1 aromatic carbocycles. The van der Waals surface area contributed by atoms with Gasteiger partial charge in [-0.25, -0.2) is 0 Å². The maximum atomic E-state index is 5.62. The number of halogens is 2. The van der Waals surface area contributed by atoms with Gasteiger partial charge in [-0.15, -0.1) is 0 Å². The van der Waals surface area contributed by atoms with Crippen LogP contribution in [0, 0.1) is 0 Å². The molecule has 2 heterocycles. The zero-order valence-corrected chi connectivity index (χ0v) is 14.3. The lowest BCUT2D eigenvalue weighted by molar-refractivity contribution is 0.336. The Hall–Kier alpha value is -0.850. The summed E-state index contributed by atoms with van der Waals surface area (Å²) in [7, 11) is 0. The highest BCUT2D eigenvalue weighted by atomic mass is 79.9. The van der Waals surface area contributed by atoms with Crippen LogP contribution in [0.5, 0.6) is 5.75 Å². The van der Waals surface area contributed by atoms with Crippen LogP contribution in [0.25, 0.3) is 11.3 Å². The first-order chi connectivity index (χ1) is 9.70. The van der Waals surface area contributed by atoms with Gasteiger partial charge in [0.1, 0.15) is 5.75 Å². The van der Waals surface area contributed by atoms with Crippen molar-refractivity contribution in [3.05, 3.63) is 32.3 Å². The molecule has 0 unspecified atom stereocenters. The first-order valence-electron chi connectivity index (χ1n) is 6.59. The molecule has 0 bridgehead atoms. The van der Waals surface area contributed by atoms with E-state index in [2.05, 4.69) is 59.5 Å². The molecule has 3 rings (SSSR count). The van der Waals surface area contributed by atoms with Gasteiger partial charge in [-0.3, -0.25) is 5.10 Å². The van der Waals surface area contributed by atoms with Gasteiger partial charge in [0, 0.05) is 36.3 Å². The predicted octanol–water partition coefficient (Wildman–Crippen LogP) is 3.65. The van der Waals surface area contributed by atoms with E-state index in [9.17, 15) is 0 Å². The molecule has 0 saturated heterocycles. The lowest BCUT2D eigenvalue weighted by Gasteiger charge is -2.14. The number of benzene rings is 1. The summed E-state index contributed by atoms with van der Waals surface area (Å²) >= 11 is 7.14. The molecule has 0 saturated carbocycles. The van der Waals surface area contributed by atoms with Gasteiger partial charge in [0.15, 0.2) is 0 Å². The highest BCUT2D eigenvalue weighted by molar-refractivity contribution is 9.11. The summed E-state index contributed by atoms with van der Waals surface area (Å²) in [5, 5.41) is 11.0. The van der Waals surface area contributed by atoms with Crippen LogP contribution < -0.4 is 10.1 Å². The summed E-state index contributed by atoms with van der Waals surface area (Å²) in [6, 6.07) is 4.11. The Morgan fingerprint density at radius 1 is 1.30 bits per heavy atom.